The van der Waals surface area contributed by atoms with E-state index in [2.05, 4.69) is 19.6 Å². The summed E-state index contributed by atoms with van der Waals surface area (Å²) in [4.78, 5) is 12.9. The minimum absolute atomic E-state index is 0.102. The molecule has 0 N–H and O–H groups in total. The molecule has 1 aromatic carbocycles. The van der Waals surface area contributed by atoms with Crippen LogP contribution in [0, 0.1) is 5.92 Å². The third-order valence-electron chi connectivity index (χ3n) is 7.61. The fraction of sp³-hybridized carbons (Fsp3) is 0.741. The molecule has 0 saturated heterocycles. The molecule has 3 nitrogen and oxygen atoms in total. The normalized spacial score (nSPS) is 34.9. The standard InChI is InChI=1S/C27H37F5O3S/c1-2-3-4-5-6-7-16-34-19-10-8-18(9-11-19)27(32)22(28)17-26(31,23(29)24(27)30)25(33)35-20-12-14-21(36)15-13-20/h12-15,18-19,22-24,36H,2-11,16-17H2,1H3. The number of hydrogen-bond donors (Lipinski definition) is 1. The summed E-state index contributed by atoms with van der Waals surface area (Å²) in [5, 5.41) is 0. The maximum atomic E-state index is 15.8. The highest BCUT2D eigenvalue weighted by atomic mass is 32.1. The molecule has 5 atom stereocenters. The predicted octanol–water partition coefficient (Wildman–Crippen LogP) is 7.65. The maximum absolute atomic E-state index is 15.8. The average molecular weight is 537 g/mol. The summed E-state index contributed by atoms with van der Waals surface area (Å²) < 4.78 is 87.0. The van der Waals surface area contributed by atoms with Crippen molar-refractivity contribution in [2.45, 2.75) is 118 Å². The van der Waals surface area contributed by atoms with Crippen LogP contribution < -0.4 is 4.74 Å². The quantitative estimate of drug-likeness (QED) is 0.104. The van der Waals surface area contributed by atoms with E-state index in [1.54, 1.807) is 0 Å². The maximum Gasteiger partial charge on any atom is 0.352 e. The zero-order valence-electron chi connectivity index (χ0n) is 20.7. The van der Waals surface area contributed by atoms with Crippen LogP contribution in [-0.2, 0) is 9.53 Å². The third kappa shape index (κ3) is 6.55. The van der Waals surface area contributed by atoms with Gasteiger partial charge < -0.3 is 9.47 Å². The lowest BCUT2D eigenvalue weighted by molar-refractivity contribution is -0.196. The molecular formula is C27H37F5O3S. The molecule has 3 rings (SSSR count). The molecule has 204 valence electrons. The Morgan fingerprint density at radius 2 is 1.56 bits per heavy atom. The highest BCUT2D eigenvalue weighted by Gasteiger charge is 2.70. The van der Waals surface area contributed by atoms with E-state index in [1.807, 2.05) is 0 Å². The monoisotopic (exact) mass is 536 g/mol. The highest BCUT2D eigenvalue weighted by molar-refractivity contribution is 7.80. The summed E-state index contributed by atoms with van der Waals surface area (Å²) in [7, 11) is 0. The van der Waals surface area contributed by atoms with E-state index in [1.165, 1.54) is 43.5 Å². The number of rotatable bonds is 11. The Balaban J connectivity index is 1.54. The van der Waals surface area contributed by atoms with Crippen LogP contribution in [0.4, 0.5) is 22.0 Å². The second kappa shape index (κ2) is 12.9. The van der Waals surface area contributed by atoms with Crippen LogP contribution in [0.15, 0.2) is 29.2 Å². The van der Waals surface area contributed by atoms with Gasteiger partial charge in [-0.2, -0.15) is 0 Å². The molecule has 2 aliphatic carbocycles. The van der Waals surface area contributed by atoms with Crippen molar-refractivity contribution in [3.8, 4) is 5.75 Å². The molecule has 2 fully saturated rings. The molecule has 36 heavy (non-hydrogen) atoms. The van der Waals surface area contributed by atoms with E-state index < -0.39 is 48.2 Å². The van der Waals surface area contributed by atoms with E-state index in [0.717, 1.165) is 19.3 Å². The van der Waals surface area contributed by atoms with E-state index >= 15 is 17.6 Å². The number of ether oxygens (including phenoxy) is 2. The first-order valence-corrected chi connectivity index (χ1v) is 13.5. The first kappa shape index (κ1) is 29.2. The molecule has 0 aromatic heterocycles. The highest BCUT2D eigenvalue weighted by Crippen LogP contribution is 2.52. The summed E-state index contributed by atoms with van der Waals surface area (Å²) >= 11 is 4.06. The van der Waals surface area contributed by atoms with Gasteiger partial charge in [0, 0.05) is 17.9 Å². The van der Waals surface area contributed by atoms with Crippen LogP contribution in [0.5, 0.6) is 5.75 Å². The van der Waals surface area contributed by atoms with E-state index in [0.29, 0.717) is 24.3 Å². The Morgan fingerprint density at radius 3 is 2.19 bits per heavy atom. The van der Waals surface area contributed by atoms with Crippen molar-refractivity contribution in [1.29, 1.82) is 0 Å². The second-order valence-electron chi connectivity index (χ2n) is 10.2. The molecule has 0 radical (unpaired) electrons. The van der Waals surface area contributed by atoms with Gasteiger partial charge in [0.15, 0.2) is 18.0 Å². The van der Waals surface area contributed by atoms with Gasteiger partial charge in [-0.25, -0.2) is 26.7 Å². The van der Waals surface area contributed by atoms with Crippen molar-refractivity contribution in [1.82, 2.24) is 0 Å². The van der Waals surface area contributed by atoms with Crippen molar-refractivity contribution < 1.29 is 36.2 Å². The number of hydrogen-bond acceptors (Lipinski definition) is 4. The number of unbranched alkanes of at least 4 members (excludes halogenated alkanes) is 5. The van der Waals surface area contributed by atoms with E-state index in [-0.39, 0.29) is 24.7 Å². The number of halogens is 5. The number of esters is 1. The van der Waals surface area contributed by atoms with Crippen LogP contribution in [0.3, 0.4) is 0 Å². The van der Waals surface area contributed by atoms with Crippen LogP contribution in [0.1, 0.15) is 77.6 Å². The molecule has 0 heterocycles. The van der Waals surface area contributed by atoms with Crippen LogP contribution in [0.25, 0.3) is 0 Å². The summed E-state index contributed by atoms with van der Waals surface area (Å²) in [6.07, 6.45) is -2.85. The summed E-state index contributed by atoms with van der Waals surface area (Å²) in [6.45, 7) is 2.74. The molecule has 0 amide bonds. The third-order valence-corrected chi connectivity index (χ3v) is 7.91. The Kier molecular flexibility index (Phi) is 10.5. The summed E-state index contributed by atoms with van der Waals surface area (Å²) in [5.74, 6) is -3.04. The largest absolute Gasteiger partial charge is 0.424 e. The van der Waals surface area contributed by atoms with Crippen molar-refractivity contribution in [3.05, 3.63) is 24.3 Å². The number of benzene rings is 1. The Bertz CT molecular complexity index is 835. The summed E-state index contributed by atoms with van der Waals surface area (Å²) in [5.41, 5.74) is -6.85. The van der Waals surface area contributed by atoms with Gasteiger partial charge in [-0.3, -0.25) is 0 Å². The van der Waals surface area contributed by atoms with Crippen LogP contribution in [-0.4, -0.2) is 48.5 Å². The Morgan fingerprint density at radius 1 is 0.944 bits per heavy atom. The van der Waals surface area contributed by atoms with Crippen LogP contribution in [0.2, 0.25) is 0 Å². The molecule has 9 heteroatoms. The topological polar surface area (TPSA) is 35.5 Å². The Labute approximate surface area is 215 Å². The molecule has 0 bridgehead atoms. The summed E-state index contributed by atoms with van der Waals surface area (Å²) in [6, 6.07) is 5.46. The lowest BCUT2D eigenvalue weighted by Crippen LogP contribution is -2.67. The van der Waals surface area contributed by atoms with Gasteiger partial charge in [0.1, 0.15) is 11.9 Å². The van der Waals surface area contributed by atoms with Gasteiger partial charge in [0.25, 0.3) is 0 Å². The molecule has 0 spiro atoms. The van der Waals surface area contributed by atoms with Gasteiger partial charge >= 0.3 is 5.97 Å². The number of thiol groups is 1. The molecular weight excluding hydrogens is 499 g/mol. The second-order valence-corrected chi connectivity index (χ2v) is 10.7. The van der Waals surface area contributed by atoms with Crippen molar-refractivity contribution in [2.24, 2.45) is 5.92 Å². The van der Waals surface area contributed by atoms with Gasteiger partial charge in [-0.1, -0.05) is 39.0 Å². The van der Waals surface area contributed by atoms with Crippen molar-refractivity contribution >= 4 is 18.6 Å². The number of carbonyl (C=O) groups is 1. The van der Waals surface area contributed by atoms with E-state index in [9.17, 15) is 9.18 Å². The minimum Gasteiger partial charge on any atom is -0.424 e. The number of carbonyl (C=O) groups excluding carboxylic acids is 1. The molecule has 2 aliphatic rings. The molecule has 2 saturated carbocycles. The SMILES string of the molecule is CCCCCCCCOC1CCC(C2(F)C(F)CC(F)(C(=O)Oc3ccc(S)cc3)C(F)C2F)CC1. The van der Waals surface area contributed by atoms with Crippen molar-refractivity contribution in [2.75, 3.05) is 6.61 Å². The predicted molar refractivity (Wildman–Crippen MR) is 131 cm³/mol. The lowest BCUT2D eigenvalue weighted by atomic mass is 9.65. The van der Waals surface area contributed by atoms with Crippen molar-refractivity contribution in [3.63, 3.8) is 0 Å². The zero-order valence-corrected chi connectivity index (χ0v) is 21.6. The van der Waals surface area contributed by atoms with Gasteiger partial charge in [0.05, 0.1) is 6.10 Å². The van der Waals surface area contributed by atoms with Gasteiger partial charge in [0.2, 0.25) is 5.67 Å². The minimum atomic E-state index is -3.63. The first-order valence-electron chi connectivity index (χ1n) is 13.1. The smallest absolute Gasteiger partial charge is 0.352 e. The fourth-order valence-corrected chi connectivity index (χ4v) is 5.50. The first-order chi connectivity index (χ1) is 17.1. The molecule has 1 aromatic rings. The molecule has 5 unspecified atom stereocenters. The van der Waals surface area contributed by atoms with E-state index in [4.69, 9.17) is 9.47 Å². The fourth-order valence-electron chi connectivity index (χ4n) is 5.35. The van der Waals surface area contributed by atoms with Gasteiger partial charge in [-0.05, 0) is 62.3 Å². The van der Waals surface area contributed by atoms with Crippen LogP contribution >= 0.6 is 12.6 Å². The lowest BCUT2D eigenvalue weighted by Gasteiger charge is -2.48. The zero-order chi connectivity index (χ0) is 26.3. The number of alkyl halides is 5. The van der Waals surface area contributed by atoms with Gasteiger partial charge in [-0.15, -0.1) is 12.6 Å². The molecule has 0 aliphatic heterocycles. The Hall–Kier alpha value is -1.35. The average Bonchev–Trinajstić information content (AvgIpc) is 2.87.